The molecular formula is C29H28ClF2N7O2. The Labute approximate surface area is 239 Å². The van der Waals surface area contributed by atoms with Gasteiger partial charge in [0.05, 0.1) is 24.1 Å². The number of aromatic nitrogens is 5. The van der Waals surface area contributed by atoms with Gasteiger partial charge in [0.15, 0.2) is 0 Å². The van der Waals surface area contributed by atoms with Crippen molar-refractivity contribution in [3.05, 3.63) is 81.1 Å². The van der Waals surface area contributed by atoms with Gasteiger partial charge in [-0.2, -0.15) is 5.10 Å². The van der Waals surface area contributed by atoms with Crippen LogP contribution in [0.1, 0.15) is 41.5 Å². The fourth-order valence-corrected chi connectivity index (χ4v) is 5.27. The van der Waals surface area contributed by atoms with Crippen LogP contribution in [0.15, 0.2) is 53.6 Å². The Morgan fingerprint density at radius 1 is 1.12 bits per heavy atom. The number of hydrogen-bond donors (Lipinski definition) is 2. The van der Waals surface area contributed by atoms with Crippen LogP contribution in [-0.2, 0) is 13.1 Å². The largest absolute Gasteiger partial charge is 0.377 e. The minimum atomic E-state index is -2.70. The molecular weight excluding hydrogens is 552 g/mol. The summed E-state index contributed by atoms with van der Waals surface area (Å²) < 4.78 is 29.8. The van der Waals surface area contributed by atoms with Crippen molar-refractivity contribution in [1.29, 1.82) is 0 Å². The van der Waals surface area contributed by atoms with Crippen molar-refractivity contribution >= 4 is 45.0 Å². The van der Waals surface area contributed by atoms with Crippen molar-refractivity contribution in [2.45, 2.75) is 46.3 Å². The van der Waals surface area contributed by atoms with E-state index in [-0.39, 0.29) is 22.8 Å². The zero-order valence-electron chi connectivity index (χ0n) is 22.9. The molecule has 1 amide bonds. The van der Waals surface area contributed by atoms with E-state index in [1.54, 1.807) is 47.4 Å². The first kappa shape index (κ1) is 28.2. The van der Waals surface area contributed by atoms with Gasteiger partial charge >= 0.3 is 0 Å². The van der Waals surface area contributed by atoms with Gasteiger partial charge in [0.1, 0.15) is 16.5 Å². The van der Waals surface area contributed by atoms with Crippen LogP contribution >= 0.6 is 11.6 Å². The summed E-state index contributed by atoms with van der Waals surface area (Å²) >= 11 is 6.25. The quantitative estimate of drug-likeness (QED) is 0.232. The fourth-order valence-electron chi connectivity index (χ4n) is 5.12. The molecule has 0 saturated carbocycles. The molecule has 0 fully saturated rings. The van der Waals surface area contributed by atoms with Gasteiger partial charge in [0, 0.05) is 47.6 Å². The Balaban J connectivity index is 1.65. The molecule has 212 valence electrons. The molecule has 0 radical (unpaired) electrons. The number of fused-ring (bicyclic) bond motifs is 3. The van der Waals surface area contributed by atoms with Crippen LogP contribution in [0.25, 0.3) is 33.1 Å². The highest BCUT2D eigenvalue weighted by atomic mass is 35.5. The molecule has 9 nitrogen and oxygen atoms in total. The van der Waals surface area contributed by atoms with Crippen LogP contribution in [0, 0.1) is 6.92 Å². The normalized spacial score (nSPS) is 12.3. The summed E-state index contributed by atoms with van der Waals surface area (Å²) in [6.07, 6.45) is 0.479. The van der Waals surface area contributed by atoms with Gasteiger partial charge in [-0.05, 0) is 62.2 Å². The summed E-state index contributed by atoms with van der Waals surface area (Å²) in [5, 5.41) is 12.3. The third kappa shape index (κ3) is 5.24. The van der Waals surface area contributed by atoms with Gasteiger partial charge in [0.25, 0.3) is 17.9 Å². The number of aryl methyl sites for hydroxylation is 2. The highest BCUT2D eigenvalue weighted by molar-refractivity contribution is 6.29. The highest BCUT2D eigenvalue weighted by Crippen LogP contribution is 2.35. The second kappa shape index (κ2) is 11.2. The Kier molecular flexibility index (Phi) is 7.72. The maximum atomic E-state index is 13.6. The van der Waals surface area contributed by atoms with E-state index in [2.05, 4.69) is 25.7 Å². The first-order valence-electron chi connectivity index (χ1n) is 13.0. The second-order valence-corrected chi connectivity index (χ2v) is 10.1. The second-order valence-electron chi connectivity index (χ2n) is 9.69. The third-order valence-electron chi connectivity index (χ3n) is 6.94. The predicted molar refractivity (Wildman–Crippen MR) is 156 cm³/mol. The summed E-state index contributed by atoms with van der Waals surface area (Å²) in [6, 6.07) is 10.2. The van der Waals surface area contributed by atoms with Crippen molar-refractivity contribution in [1.82, 2.24) is 29.6 Å². The summed E-state index contributed by atoms with van der Waals surface area (Å²) in [7, 11) is 1.53. The van der Waals surface area contributed by atoms with E-state index in [4.69, 9.17) is 11.6 Å². The number of halogens is 3. The van der Waals surface area contributed by atoms with Crippen molar-refractivity contribution in [2.24, 2.45) is 0 Å². The number of hydrogen-bond acceptors (Lipinski definition) is 6. The van der Waals surface area contributed by atoms with Crippen molar-refractivity contribution in [3.63, 3.8) is 0 Å². The molecule has 0 bridgehead atoms. The van der Waals surface area contributed by atoms with Gasteiger partial charge in [-0.25, -0.2) is 18.4 Å². The van der Waals surface area contributed by atoms with Crippen LogP contribution in [0.2, 0.25) is 5.15 Å². The summed E-state index contributed by atoms with van der Waals surface area (Å²) in [4.78, 5) is 34.3. The molecule has 4 heterocycles. The zero-order valence-corrected chi connectivity index (χ0v) is 23.6. The number of anilines is 1. The lowest BCUT2D eigenvalue weighted by Gasteiger charge is -2.22. The van der Waals surface area contributed by atoms with Crippen LogP contribution < -0.4 is 16.2 Å². The van der Waals surface area contributed by atoms with Gasteiger partial charge in [-0.15, -0.1) is 0 Å². The van der Waals surface area contributed by atoms with Crippen LogP contribution in [0.4, 0.5) is 14.5 Å². The SMILES string of the molecule is CCn1ncc2c3c(C(C)Nc4ccc(Cl)nc4-c4ccc(C(=O)NC)nc4)cc(C)cc3c(=O)n(CC(F)F)c21. The lowest BCUT2D eigenvalue weighted by Crippen LogP contribution is -2.26. The molecule has 5 rings (SSSR count). The molecule has 12 heteroatoms. The molecule has 41 heavy (non-hydrogen) atoms. The molecule has 1 atom stereocenters. The summed E-state index contributed by atoms with van der Waals surface area (Å²) in [5.41, 5.74) is 3.57. The minimum absolute atomic E-state index is 0.265. The lowest BCUT2D eigenvalue weighted by atomic mass is 9.95. The number of nitrogens with zero attached hydrogens (tertiary/aromatic N) is 5. The molecule has 0 spiro atoms. The highest BCUT2D eigenvalue weighted by Gasteiger charge is 2.23. The molecule has 0 aliphatic heterocycles. The average molecular weight is 580 g/mol. The minimum Gasteiger partial charge on any atom is -0.377 e. The third-order valence-corrected chi connectivity index (χ3v) is 7.15. The Morgan fingerprint density at radius 2 is 1.90 bits per heavy atom. The van der Waals surface area contributed by atoms with Crippen LogP contribution in [-0.4, -0.2) is 43.7 Å². The average Bonchev–Trinajstić information content (AvgIpc) is 3.39. The molecule has 0 saturated heterocycles. The van der Waals surface area contributed by atoms with Gasteiger partial charge < -0.3 is 10.6 Å². The van der Waals surface area contributed by atoms with E-state index in [9.17, 15) is 18.4 Å². The number of pyridine rings is 3. The smallest absolute Gasteiger partial charge is 0.269 e. The molecule has 1 aromatic carbocycles. The number of carbonyl (C=O) groups excluding carboxylic acids is 1. The molecule has 1 unspecified atom stereocenters. The van der Waals surface area contributed by atoms with Crippen LogP contribution in [0.5, 0.6) is 0 Å². The number of benzene rings is 1. The standard InChI is InChI=1S/C29H28ClF2N7O2/c1-5-39-28-20(13-35-39)25-18(10-15(2)11-19(25)29(41)38(28)14-24(31)32)16(3)36-21-8-9-23(30)37-26(21)17-6-7-22(34-12-17)27(40)33-4/h6-13,16,24,36H,5,14H2,1-4H3,(H,33,40). The van der Waals surface area contributed by atoms with Crippen molar-refractivity contribution in [3.8, 4) is 11.3 Å². The number of nitrogens with one attached hydrogen (secondary N) is 2. The van der Waals surface area contributed by atoms with E-state index in [0.29, 0.717) is 45.3 Å². The Hall–Kier alpha value is -4.38. The lowest BCUT2D eigenvalue weighted by molar-refractivity contribution is 0.0958. The van der Waals surface area contributed by atoms with E-state index in [1.807, 2.05) is 26.8 Å². The number of alkyl halides is 2. The number of rotatable bonds is 8. The van der Waals surface area contributed by atoms with Gasteiger partial charge in [-0.3, -0.25) is 19.1 Å². The predicted octanol–water partition coefficient (Wildman–Crippen LogP) is 5.59. The van der Waals surface area contributed by atoms with Crippen molar-refractivity contribution in [2.75, 3.05) is 12.4 Å². The Morgan fingerprint density at radius 3 is 2.56 bits per heavy atom. The maximum absolute atomic E-state index is 13.6. The first-order chi connectivity index (χ1) is 19.6. The monoisotopic (exact) mass is 579 g/mol. The van der Waals surface area contributed by atoms with E-state index in [1.165, 1.54) is 7.05 Å². The van der Waals surface area contributed by atoms with Gasteiger partial charge in [0.2, 0.25) is 0 Å². The maximum Gasteiger partial charge on any atom is 0.269 e. The first-order valence-corrected chi connectivity index (χ1v) is 13.4. The van der Waals surface area contributed by atoms with E-state index < -0.39 is 18.5 Å². The number of amides is 1. The van der Waals surface area contributed by atoms with E-state index >= 15 is 0 Å². The zero-order chi connectivity index (χ0) is 29.4. The molecule has 0 aliphatic carbocycles. The molecule has 5 aromatic rings. The van der Waals surface area contributed by atoms with Crippen molar-refractivity contribution < 1.29 is 13.6 Å². The topological polar surface area (TPSA) is 107 Å². The fraction of sp³-hybridized carbons (Fsp3) is 0.276. The summed E-state index contributed by atoms with van der Waals surface area (Å²) in [5.74, 6) is -0.306. The Bertz CT molecular complexity index is 1830. The van der Waals surface area contributed by atoms with Gasteiger partial charge in [-0.1, -0.05) is 17.7 Å². The van der Waals surface area contributed by atoms with Crippen LogP contribution in [0.3, 0.4) is 0 Å². The summed E-state index contributed by atoms with van der Waals surface area (Å²) in [6.45, 7) is 5.35. The molecule has 4 aromatic heterocycles. The molecule has 2 N–H and O–H groups in total. The number of carbonyl (C=O) groups is 1. The molecule has 0 aliphatic rings. The van der Waals surface area contributed by atoms with E-state index in [0.717, 1.165) is 15.7 Å².